The van der Waals surface area contributed by atoms with Gasteiger partial charge in [-0.3, -0.25) is 9.69 Å². The summed E-state index contributed by atoms with van der Waals surface area (Å²) in [6.45, 7) is 4.12. The molecule has 0 aliphatic carbocycles. The van der Waals surface area contributed by atoms with Crippen LogP contribution >= 0.6 is 15.9 Å². The fourth-order valence-corrected chi connectivity index (χ4v) is 3.22. The van der Waals surface area contributed by atoms with Crippen molar-refractivity contribution in [2.24, 2.45) is 0 Å². The van der Waals surface area contributed by atoms with Crippen LogP contribution in [0.3, 0.4) is 0 Å². The molecule has 1 fully saturated rings. The first kappa shape index (κ1) is 19.2. The molecule has 0 aromatic heterocycles. The Kier molecular flexibility index (Phi) is 5.65. The summed E-state index contributed by atoms with van der Waals surface area (Å²) in [6, 6.07) is 10.9. The number of ether oxygens (including phenoxy) is 1. The van der Waals surface area contributed by atoms with Crippen LogP contribution in [0.4, 0.5) is 20.6 Å². The smallest absolute Gasteiger partial charge is 0.322 e. The molecule has 0 spiro atoms. The molecule has 0 bridgehead atoms. The fraction of sp³-hybridized carbons (Fsp3) is 0.263. The maximum atomic E-state index is 13.2. The zero-order valence-electron chi connectivity index (χ0n) is 14.8. The molecule has 142 valence electrons. The number of amides is 3. The first-order valence-electron chi connectivity index (χ1n) is 8.45. The third-order valence-corrected chi connectivity index (χ3v) is 4.79. The Labute approximate surface area is 164 Å². The summed E-state index contributed by atoms with van der Waals surface area (Å²) in [6.07, 6.45) is -0.801. The van der Waals surface area contributed by atoms with Crippen molar-refractivity contribution in [3.8, 4) is 5.75 Å². The van der Waals surface area contributed by atoms with Gasteiger partial charge in [-0.15, -0.1) is 0 Å². The maximum Gasteiger partial charge on any atom is 0.322 e. The van der Waals surface area contributed by atoms with Crippen LogP contribution in [-0.2, 0) is 4.79 Å². The average molecular weight is 436 g/mol. The highest BCUT2D eigenvalue weighted by atomic mass is 79.9. The van der Waals surface area contributed by atoms with Gasteiger partial charge in [-0.1, -0.05) is 6.07 Å². The first-order valence-corrected chi connectivity index (χ1v) is 9.24. The second-order valence-electron chi connectivity index (χ2n) is 6.28. The SMILES string of the molecule is C[C@@H](Oc1ccc(F)cc1Br)C(=O)Nc1cccc(N2C(=O)NC[C@@H]2C)c1. The summed E-state index contributed by atoms with van der Waals surface area (Å²) in [7, 11) is 0. The van der Waals surface area contributed by atoms with E-state index in [2.05, 4.69) is 26.6 Å². The monoisotopic (exact) mass is 435 g/mol. The van der Waals surface area contributed by atoms with Crippen molar-refractivity contribution in [3.63, 3.8) is 0 Å². The number of rotatable bonds is 5. The predicted molar refractivity (Wildman–Crippen MR) is 105 cm³/mol. The maximum absolute atomic E-state index is 13.2. The van der Waals surface area contributed by atoms with Gasteiger partial charge in [-0.2, -0.15) is 0 Å². The van der Waals surface area contributed by atoms with Gasteiger partial charge in [-0.25, -0.2) is 9.18 Å². The van der Waals surface area contributed by atoms with Crippen molar-refractivity contribution in [2.45, 2.75) is 26.0 Å². The molecule has 2 aromatic rings. The van der Waals surface area contributed by atoms with Crippen LogP contribution in [0.15, 0.2) is 46.9 Å². The second kappa shape index (κ2) is 7.96. The molecular formula is C19H19BrFN3O3. The number of carbonyl (C=O) groups is 2. The number of anilines is 2. The minimum Gasteiger partial charge on any atom is -0.480 e. The minimum atomic E-state index is -0.801. The van der Waals surface area contributed by atoms with Gasteiger partial charge >= 0.3 is 6.03 Å². The van der Waals surface area contributed by atoms with E-state index in [4.69, 9.17) is 4.74 Å². The lowest BCUT2D eigenvalue weighted by molar-refractivity contribution is -0.122. The Morgan fingerprint density at radius 3 is 2.81 bits per heavy atom. The Morgan fingerprint density at radius 2 is 2.15 bits per heavy atom. The van der Waals surface area contributed by atoms with E-state index < -0.39 is 11.9 Å². The third kappa shape index (κ3) is 4.39. The van der Waals surface area contributed by atoms with Crippen LogP contribution in [0.25, 0.3) is 0 Å². The standard InChI is InChI=1S/C19H19BrFN3O3/c1-11-10-22-19(26)24(11)15-5-3-4-14(9-15)23-18(25)12(2)27-17-7-6-13(21)8-16(17)20/h3-9,11-12H,10H2,1-2H3,(H,22,26)(H,23,25)/t11-,12+/m0/s1. The van der Waals surface area contributed by atoms with Crippen molar-refractivity contribution in [1.29, 1.82) is 0 Å². The molecule has 3 amide bonds. The summed E-state index contributed by atoms with van der Waals surface area (Å²) in [5.41, 5.74) is 1.25. The lowest BCUT2D eigenvalue weighted by Crippen LogP contribution is -2.32. The minimum absolute atomic E-state index is 0.0292. The number of carbonyl (C=O) groups excluding carboxylic acids is 2. The summed E-state index contributed by atoms with van der Waals surface area (Å²) in [4.78, 5) is 26.0. The van der Waals surface area contributed by atoms with Crippen LogP contribution in [0.2, 0.25) is 0 Å². The number of benzene rings is 2. The van der Waals surface area contributed by atoms with Gasteiger partial charge in [0.15, 0.2) is 6.10 Å². The fourth-order valence-electron chi connectivity index (χ4n) is 2.78. The zero-order valence-corrected chi connectivity index (χ0v) is 16.4. The number of halogens is 2. The molecule has 1 aliphatic rings. The number of urea groups is 1. The molecule has 1 heterocycles. The summed E-state index contributed by atoms with van der Waals surface area (Å²) >= 11 is 3.21. The van der Waals surface area contributed by atoms with Gasteiger partial charge in [0.05, 0.1) is 10.5 Å². The lowest BCUT2D eigenvalue weighted by Gasteiger charge is -2.21. The second-order valence-corrected chi connectivity index (χ2v) is 7.13. The number of hydrogen-bond acceptors (Lipinski definition) is 3. The van der Waals surface area contributed by atoms with Crippen LogP contribution < -0.4 is 20.3 Å². The van der Waals surface area contributed by atoms with E-state index in [9.17, 15) is 14.0 Å². The molecule has 8 heteroatoms. The first-order chi connectivity index (χ1) is 12.8. The summed E-state index contributed by atoms with van der Waals surface area (Å²) < 4.78 is 19.2. The van der Waals surface area contributed by atoms with E-state index in [0.29, 0.717) is 28.1 Å². The van der Waals surface area contributed by atoms with Gasteiger partial charge in [0.1, 0.15) is 11.6 Å². The number of nitrogens with zero attached hydrogens (tertiary/aromatic N) is 1. The molecule has 0 saturated carbocycles. The van der Waals surface area contributed by atoms with E-state index in [1.54, 1.807) is 30.0 Å². The van der Waals surface area contributed by atoms with E-state index in [0.717, 1.165) is 0 Å². The molecule has 1 aliphatic heterocycles. The molecule has 0 radical (unpaired) electrons. The highest BCUT2D eigenvalue weighted by molar-refractivity contribution is 9.10. The van der Waals surface area contributed by atoms with Crippen molar-refractivity contribution in [3.05, 3.63) is 52.8 Å². The van der Waals surface area contributed by atoms with Crippen molar-refractivity contribution in [2.75, 3.05) is 16.8 Å². The van der Waals surface area contributed by atoms with Gasteiger partial charge in [0.25, 0.3) is 5.91 Å². The zero-order chi connectivity index (χ0) is 19.6. The Balaban J connectivity index is 1.68. The largest absolute Gasteiger partial charge is 0.480 e. The van der Waals surface area contributed by atoms with E-state index in [1.807, 2.05) is 13.0 Å². The normalized spacial score (nSPS) is 17.4. The Morgan fingerprint density at radius 1 is 1.37 bits per heavy atom. The van der Waals surface area contributed by atoms with Crippen molar-refractivity contribution in [1.82, 2.24) is 5.32 Å². The quantitative estimate of drug-likeness (QED) is 0.747. The van der Waals surface area contributed by atoms with Crippen LogP contribution in [-0.4, -0.2) is 30.6 Å². The Hall–Kier alpha value is -2.61. The van der Waals surface area contributed by atoms with E-state index in [1.165, 1.54) is 18.2 Å². The molecule has 2 atom stereocenters. The van der Waals surface area contributed by atoms with Crippen LogP contribution in [0, 0.1) is 5.82 Å². The van der Waals surface area contributed by atoms with Crippen molar-refractivity contribution < 1.29 is 18.7 Å². The molecule has 27 heavy (non-hydrogen) atoms. The molecule has 6 nitrogen and oxygen atoms in total. The van der Waals surface area contributed by atoms with Gasteiger partial charge in [0, 0.05) is 17.9 Å². The predicted octanol–water partition coefficient (Wildman–Crippen LogP) is 3.91. The topological polar surface area (TPSA) is 70.7 Å². The molecule has 2 aromatic carbocycles. The summed E-state index contributed by atoms with van der Waals surface area (Å²) in [5.74, 6) is -0.388. The van der Waals surface area contributed by atoms with Crippen LogP contribution in [0.5, 0.6) is 5.75 Å². The third-order valence-electron chi connectivity index (χ3n) is 4.17. The highest BCUT2D eigenvalue weighted by Crippen LogP contribution is 2.27. The van der Waals surface area contributed by atoms with Gasteiger partial charge < -0.3 is 15.4 Å². The van der Waals surface area contributed by atoms with E-state index >= 15 is 0 Å². The summed E-state index contributed by atoms with van der Waals surface area (Å²) in [5, 5.41) is 5.56. The molecular weight excluding hydrogens is 417 g/mol. The average Bonchev–Trinajstić information content (AvgIpc) is 2.96. The van der Waals surface area contributed by atoms with Crippen LogP contribution in [0.1, 0.15) is 13.8 Å². The Bertz CT molecular complexity index is 877. The number of nitrogens with one attached hydrogen (secondary N) is 2. The molecule has 2 N–H and O–H groups in total. The van der Waals surface area contributed by atoms with E-state index in [-0.39, 0.29) is 18.0 Å². The molecule has 3 rings (SSSR count). The van der Waals surface area contributed by atoms with Gasteiger partial charge in [0.2, 0.25) is 0 Å². The number of hydrogen-bond donors (Lipinski definition) is 2. The van der Waals surface area contributed by atoms with Gasteiger partial charge in [-0.05, 0) is 66.2 Å². The molecule has 1 saturated heterocycles. The molecule has 0 unspecified atom stereocenters. The lowest BCUT2D eigenvalue weighted by atomic mass is 10.2. The highest BCUT2D eigenvalue weighted by Gasteiger charge is 2.28. The van der Waals surface area contributed by atoms with Crippen molar-refractivity contribution >= 4 is 39.2 Å².